The smallest absolute Gasteiger partial charge is 0.255 e. The Morgan fingerprint density at radius 3 is 2.83 bits per heavy atom. The topological polar surface area (TPSA) is 78.8 Å². The summed E-state index contributed by atoms with van der Waals surface area (Å²) in [5.74, 6) is -0.0544. The van der Waals surface area contributed by atoms with Crippen LogP contribution in [0.3, 0.4) is 0 Å². The number of phenolic OH excluding ortho intramolecular Hbond substituents is 1. The van der Waals surface area contributed by atoms with E-state index in [1.165, 1.54) is 13.2 Å². The van der Waals surface area contributed by atoms with Crippen molar-refractivity contribution in [1.29, 1.82) is 0 Å². The number of aliphatic hydroxyl groups is 1. The van der Waals surface area contributed by atoms with Crippen LogP contribution >= 0.6 is 0 Å². The number of ether oxygens (including phenoxy) is 1. The highest BCUT2D eigenvalue weighted by molar-refractivity contribution is 5.97. The lowest BCUT2D eigenvalue weighted by molar-refractivity contribution is 0.0942. The third-order valence-corrected chi connectivity index (χ3v) is 2.70. The van der Waals surface area contributed by atoms with Crippen LogP contribution in [0.1, 0.15) is 23.7 Å². The van der Waals surface area contributed by atoms with Crippen LogP contribution in [0.25, 0.3) is 0 Å². The van der Waals surface area contributed by atoms with E-state index in [1.807, 2.05) is 6.92 Å². The molecule has 5 nitrogen and oxygen atoms in total. The third-order valence-electron chi connectivity index (χ3n) is 2.70. The van der Waals surface area contributed by atoms with Crippen LogP contribution in [-0.4, -0.2) is 36.4 Å². The van der Waals surface area contributed by atoms with Gasteiger partial charge in [0.05, 0.1) is 12.7 Å². The Morgan fingerprint density at radius 2 is 2.22 bits per heavy atom. The fourth-order valence-electron chi connectivity index (χ4n) is 1.55. The second-order valence-electron chi connectivity index (χ2n) is 4.18. The molecule has 18 heavy (non-hydrogen) atoms. The van der Waals surface area contributed by atoms with Gasteiger partial charge in [0.1, 0.15) is 0 Å². The van der Waals surface area contributed by atoms with Gasteiger partial charge in [-0.3, -0.25) is 4.79 Å². The summed E-state index contributed by atoms with van der Waals surface area (Å²) in [5.41, 5.74) is 0.186. The first-order chi connectivity index (χ1) is 8.60. The van der Waals surface area contributed by atoms with E-state index in [2.05, 4.69) is 5.32 Å². The summed E-state index contributed by atoms with van der Waals surface area (Å²) in [6.07, 6.45) is 0.629. The van der Waals surface area contributed by atoms with Crippen molar-refractivity contribution in [3.8, 4) is 11.5 Å². The number of hydrogen-bond acceptors (Lipinski definition) is 4. The lowest BCUT2D eigenvalue weighted by Gasteiger charge is -2.12. The first-order valence-electron chi connectivity index (χ1n) is 5.85. The van der Waals surface area contributed by atoms with Gasteiger partial charge in [-0.15, -0.1) is 0 Å². The second-order valence-corrected chi connectivity index (χ2v) is 4.18. The van der Waals surface area contributed by atoms with Crippen molar-refractivity contribution in [3.05, 3.63) is 23.8 Å². The summed E-state index contributed by atoms with van der Waals surface area (Å²) in [7, 11) is 1.43. The molecule has 0 aliphatic rings. The number of para-hydroxylation sites is 1. The van der Waals surface area contributed by atoms with Gasteiger partial charge in [-0.2, -0.15) is 0 Å². The number of aromatic hydroxyl groups is 1. The molecule has 0 heterocycles. The minimum Gasteiger partial charge on any atom is -0.504 e. The summed E-state index contributed by atoms with van der Waals surface area (Å²) in [5, 5.41) is 21.3. The Morgan fingerprint density at radius 1 is 1.50 bits per heavy atom. The predicted molar refractivity (Wildman–Crippen MR) is 67.9 cm³/mol. The predicted octanol–water partition coefficient (Wildman–Crippen LogP) is 1.15. The van der Waals surface area contributed by atoms with Crippen LogP contribution in [0.4, 0.5) is 0 Å². The van der Waals surface area contributed by atoms with Crippen molar-refractivity contribution >= 4 is 5.91 Å². The fraction of sp³-hybridized carbons (Fsp3) is 0.462. The SMILES string of the molecule is COc1cccc(C(=O)NCC(C)CCO)c1O. The van der Waals surface area contributed by atoms with Gasteiger partial charge in [0, 0.05) is 13.2 Å². The molecule has 1 unspecified atom stereocenters. The third kappa shape index (κ3) is 3.63. The molecule has 0 aliphatic carbocycles. The summed E-state index contributed by atoms with van der Waals surface area (Å²) in [6, 6.07) is 4.76. The van der Waals surface area contributed by atoms with Crippen LogP contribution < -0.4 is 10.1 Å². The number of carbonyl (C=O) groups excluding carboxylic acids is 1. The molecule has 1 aromatic carbocycles. The van der Waals surface area contributed by atoms with E-state index >= 15 is 0 Å². The van der Waals surface area contributed by atoms with E-state index in [-0.39, 0.29) is 35.5 Å². The standard InChI is InChI=1S/C13H19NO4/c1-9(6-7-15)8-14-13(17)10-4-3-5-11(18-2)12(10)16/h3-5,9,15-16H,6-8H2,1-2H3,(H,14,17). The lowest BCUT2D eigenvalue weighted by Crippen LogP contribution is -2.28. The molecule has 1 aromatic rings. The molecular weight excluding hydrogens is 234 g/mol. The van der Waals surface area contributed by atoms with Crippen LogP contribution in [0.15, 0.2) is 18.2 Å². The van der Waals surface area contributed by atoms with Gasteiger partial charge < -0.3 is 20.3 Å². The van der Waals surface area contributed by atoms with Crippen molar-refractivity contribution in [2.24, 2.45) is 5.92 Å². The summed E-state index contributed by atoms with van der Waals surface area (Å²) < 4.78 is 4.94. The quantitative estimate of drug-likeness (QED) is 0.710. The largest absolute Gasteiger partial charge is 0.504 e. The maximum atomic E-state index is 11.9. The minimum atomic E-state index is -0.351. The average Bonchev–Trinajstić information content (AvgIpc) is 2.36. The monoisotopic (exact) mass is 253 g/mol. The highest BCUT2D eigenvalue weighted by Gasteiger charge is 2.15. The van der Waals surface area contributed by atoms with Crippen molar-refractivity contribution < 1.29 is 19.7 Å². The van der Waals surface area contributed by atoms with Crippen molar-refractivity contribution in [3.63, 3.8) is 0 Å². The summed E-state index contributed by atoms with van der Waals surface area (Å²) >= 11 is 0. The normalized spacial score (nSPS) is 11.9. The number of phenols is 1. The molecule has 0 spiro atoms. The second kappa shape index (κ2) is 6.86. The Bertz CT molecular complexity index is 406. The number of rotatable bonds is 6. The van der Waals surface area contributed by atoms with Crippen molar-refractivity contribution in [2.45, 2.75) is 13.3 Å². The average molecular weight is 253 g/mol. The fourth-order valence-corrected chi connectivity index (χ4v) is 1.55. The number of carbonyl (C=O) groups is 1. The van der Waals surface area contributed by atoms with Crippen LogP contribution in [0.5, 0.6) is 11.5 Å². The van der Waals surface area contributed by atoms with Crippen LogP contribution in [0, 0.1) is 5.92 Å². The van der Waals surface area contributed by atoms with Gasteiger partial charge in [0.25, 0.3) is 5.91 Å². The molecule has 5 heteroatoms. The Labute approximate surface area is 106 Å². The summed E-state index contributed by atoms with van der Waals surface area (Å²) in [4.78, 5) is 11.9. The van der Waals surface area contributed by atoms with E-state index in [0.29, 0.717) is 13.0 Å². The number of nitrogens with one attached hydrogen (secondary N) is 1. The van der Waals surface area contributed by atoms with Gasteiger partial charge in [0.2, 0.25) is 0 Å². The Balaban J connectivity index is 2.67. The molecule has 0 aromatic heterocycles. The van der Waals surface area contributed by atoms with Gasteiger partial charge in [-0.1, -0.05) is 13.0 Å². The molecule has 0 aliphatic heterocycles. The number of benzene rings is 1. The molecule has 0 radical (unpaired) electrons. The minimum absolute atomic E-state index is 0.0987. The molecule has 1 amide bonds. The van der Waals surface area contributed by atoms with E-state index in [9.17, 15) is 9.90 Å². The lowest BCUT2D eigenvalue weighted by atomic mass is 10.1. The molecule has 0 bridgehead atoms. The van der Waals surface area contributed by atoms with E-state index < -0.39 is 0 Å². The van der Waals surface area contributed by atoms with Gasteiger partial charge in [-0.05, 0) is 24.5 Å². The van der Waals surface area contributed by atoms with E-state index in [1.54, 1.807) is 12.1 Å². The van der Waals surface area contributed by atoms with Gasteiger partial charge in [0.15, 0.2) is 11.5 Å². The zero-order valence-electron chi connectivity index (χ0n) is 10.6. The van der Waals surface area contributed by atoms with Crippen LogP contribution in [0.2, 0.25) is 0 Å². The highest BCUT2D eigenvalue weighted by Crippen LogP contribution is 2.29. The number of methoxy groups -OCH3 is 1. The molecular formula is C13H19NO4. The highest BCUT2D eigenvalue weighted by atomic mass is 16.5. The van der Waals surface area contributed by atoms with Gasteiger partial charge in [-0.25, -0.2) is 0 Å². The first kappa shape index (κ1) is 14.3. The maximum absolute atomic E-state index is 11.9. The molecule has 3 N–H and O–H groups in total. The molecule has 1 rings (SSSR count). The number of amides is 1. The first-order valence-corrected chi connectivity index (χ1v) is 5.85. The Kier molecular flexibility index (Phi) is 5.45. The molecule has 0 saturated heterocycles. The van der Waals surface area contributed by atoms with Crippen molar-refractivity contribution in [2.75, 3.05) is 20.3 Å². The van der Waals surface area contributed by atoms with E-state index in [4.69, 9.17) is 9.84 Å². The zero-order chi connectivity index (χ0) is 13.5. The molecule has 0 fully saturated rings. The zero-order valence-corrected chi connectivity index (χ0v) is 10.6. The Hall–Kier alpha value is -1.75. The summed E-state index contributed by atoms with van der Waals surface area (Å²) in [6.45, 7) is 2.49. The molecule has 100 valence electrons. The molecule has 0 saturated carbocycles. The van der Waals surface area contributed by atoms with Gasteiger partial charge >= 0.3 is 0 Å². The number of hydrogen-bond donors (Lipinski definition) is 3. The maximum Gasteiger partial charge on any atom is 0.255 e. The molecule has 1 atom stereocenters. The van der Waals surface area contributed by atoms with E-state index in [0.717, 1.165) is 0 Å². The van der Waals surface area contributed by atoms with Crippen molar-refractivity contribution in [1.82, 2.24) is 5.32 Å². The number of aliphatic hydroxyl groups excluding tert-OH is 1. The van der Waals surface area contributed by atoms with Crippen LogP contribution in [-0.2, 0) is 0 Å².